The third-order valence-electron chi connectivity index (χ3n) is 4.04. The molecular formula is C19H20BrN3O3S. The molecule has 142 valence electrons. The van der Waals surface area contributed by atoms with E-state index in [-0.39, 0.29) is 0 Å². The Morgan fingerprint density at radius 3 is 2.63 bits per heavy atom. The van der Waals surface area contributed by atoms with Gasteiger partial charge in [-0.1, -0.05) is 33.8 Å². The van der Waals surface area contributed by atoms with Crippen molar-refractivity contribution < 1.29 is 13.9 Å². The zero-order valence-corrected chi connectivity index (χ0v) is 17.8. The van der Waals surface area contributed by atoms with E-state index < -0.39 is 0 Å². The third-order valence-corrected chi connectivity index (χ3v) is 5.79. The molecule has 0 N–H and O–H groups in total. The molecule has 0 spiro atoms. The van der Waals surface area contributed by atoms with Crippen LogP contribution in [0.1, 0.15) is 11.3 Å². The highest BCUT2D eigenvalue weighted by Gasteiger charge is 2.18. The second kappa shape index (κ2) is 8.67. The predicted molar refractivity (Wildman–Crippen MR) is 109 cm³/mol. The van der Waals surface area contributed by atoms with Crippen LogP contribution in [0.2, 0.25) is 0 Å². The van der Waals surface area contributed by atoms with E-state index in [0.717, 1.165) is 32.3 Å². The topological polar surface area (TPSA) is 62.3 Å². The number of thioether (sulfide) groups is 1. The molecule has 0 aliphatic heterocycles. The summed E-state index contributed by atoms with van der Waals surface area (Å²) in [6.45, 7) is 6.37. The zero-order valence-electron chi connectivity index (χ0n) is 15.4. The smallest absolute Gasteiger partial charge is 0.192 e. The average Bonchev–Trinajstić information content (AvgIpc) is 3.26. The SMILES string of the molecule is C=CCn1c(SCc2cc(OC)c(OC)cc2Br)nnc1-c1ccoc1C. The summed E-state index contributed by atoms with van der Waals surface area (Å²) in [5.41, 5.74) is 2.01. The lowest BCUT2D eigenvalue weighted by molar-refractivity contribution is 0.354. The molecule has 0 aliphatic carbocycles. The highest BCUT2D eigenvalue weighted by atomic mass is 79.9. The Kier molecular flexibility index (Phi) is 6.28. The number of furan rings is 1. The van der Waals surface area contributed by atoms with Gasteiger partial charge in [-0.2, -0.15) is 0 Å². The van der Waals surface area contributed by atoms with Gasteiger partial charge in [0.1, 0.15) is 5.76 Å². The summed E-state index contributed by atoms with van der Waals surface area (Å²) < 4.78 is 19.1. The van der Waals surface area contributed by atoms with E-state index in [9.17, 15) is 0 Å². The van der Waals surface area contributed by atoms with Crippen LogP contribution in [-0.2, 0) is 12.3 Å². The van der Waals surface area contributed by atoms with E-state index in [1.807, 2.05) is 35.8 Å². The summed E-state index contributed by atoms with van der Waals surface area (Å²) in [5.74, 6) is 3.66. The Balaban J connectivity index is 1.88. The van der Waals surface area contributed by atoms with E-state index >= 15 is 0 Å². The van der Waals surface area contributed by atoms with Crippen LogP contribution >= 0.6 is 27.7 Å². The lowest BCUT2D eigenvalue weighted by Gasteiger charge is -2.12. The molecule has 27 heavy (non-hydrogen) atoms. The normalized spacial score (nSPS) is 10.8. The minimum atomic E-state index is 0.613. The van der Waals surface area contributed by atoms with Gasteiger partial charge in [-0.25, -0.2) is 0 Å². The molecule has 0 aliphatic rings. The number of nitrogens with zero attached hydrogens (tertiary/aromatic N) is 3. The molecule has 0 radical (unpaired) electrons. The first-order valence-electron chi connectivity index (χ1n) is 8.20. The van der Waals surface area contributed by atoms with Crippen molar-refractivity contribution in [1.29, 1.82) is 0 Å². The van der Waals surface area contributed by atoms with Crippen LogP contribution in [0.15, 0.2) is 51.2 Å². The molecule has 3 aromatic rings. The third kappa shape index (κ3) is 4.06. The molecule has 0 saturated heterocycles. The molecule has 0 amide bonds. The van der Waals surface area contributed by atoms with Crippen molar-refractivity contribution >= 4 is 27.7 Å². The molecule has 2 aromatic heterocycles. The highest BCUT2D eigenvalue weighted by molar-refractivity contribution is 9.10. The zero-order chi connectivity index (χ0) is 19.4. The number of aryl methyl sites for hydroxylation is 1. The number of allylic oxidation sites excluding steroid dienone is 1. The van der Waals surface area contributed by atoms with Gasteiger partial charge in [0.15, 0.2) is 22.5 Å². The van der Waals surface area contributed by atoms with Crippen LogP contribution < -0.4 is 9.47 Å². The fourth-order valence-electron chi connectivity index (χ4n) is 2.65. The predicted octanol–water partition coefficient (Wildman–Crippen LogP) is 5.10. The maximum atomic E-state index is 5.41. The molecule has 8 heteroatoms. The largest absolute Gasteiger partial charge is 0.493 e. The van der Waals surface area contributed by atoms with Crippen molar-refractivity contribution in [3.8, 4) is 22.9 Å². The number of hydrogen-bond acceptors (Lipinski definition) is 6. The molecule has 0 atom stereocenters. The highest BCUT2D eigenvalue weighted by Crippen LogP contribution is 2.36. The standard InChI is InChI=1S/C19H20BrN3O3S/c1-5-7-23-18(14-6-8-26-12(14)2)21-22-19(23)27-11-13-9-16(24-3)17(25-4)10-15(13)20/h5-6,8-10H,1,7,11H2,2-4H3. The van der Waals surface area contributed by atoms with Crippen LogP contribution in [0, 0.1) is 6.92 Å². The van der Waals surface area contributed by atoms with Crippen LogP contribution in [0.3, 0.4) is 0 Å². The monoisotopic (exact) mass is 449 g/mol. The Morgan fingerprint density at radius 1 is 1.26 bits per heavy atom. The van der Waals surface area contributed by atoms with E-state index in [0.29, 0.717) is 23.8 Å². The van der Waals surface area contributed by atoms with Crippen LogP contribution in [-0.4, -0.2) is 29.0 Å². The van der Waals surface area contributed by atoms with Crippen LogP contribution in [0.25, 0.3) is 11.4 Å². The number of hydrogen-bond donors (Lipinski definition) is 0. The summed E-state index contributed by atoms with van der Waals surface area (Å²) in [7, 11) is 3.25. The lowest BCUT2D eigenvalue weighted by atomic mass is 10.2. The number of halogens is 1. The number of aromatic nitrogens is 3. The molecular weight excluding hydrogens is 430 g/mol. The Hall–Kier alpha value is -2.19. The molecule has 0 bridgehead atoms. The molecule has 0 unspecified atom stereocenters. The van der Waals surface area contributed by atoms with Crippen molar-refractivity contribution in [3.63, 3.8) is 0 Å². The van der Waals surface area contributed by atoms with Gasteiger partial charge < -0.3 is 13.9 Å². The van der Waals surface area contributed by atoms with Crippen molar-refractivity contribution in [1.82, 2.24) is 14.8 Å². The Bertz CT molecular complexity index is 952. The Labute approximate surface area is 170 Å². The van der Waals surface area contributed by atoms with Gasteiger partial charge in [0.05, 0.1) is 26.0 Å². The van der Waals surface area contributed by atoms with Crippen molar-refractivity contribution in [2.24, 2.45) is 0 Å². The van der Waals surface area contributed by atoms with Crippen molar-refractivity contribution in [2.75, 3.05) is 14.2 Å². The van der Waals surface area contributed by atoms with Gasteiger partial charge in [-0.05, 0) is 30.7 Å². The minimum Gasteiger partial charge on any atom is -0.493 e. The first-order chi connectivity index (χ1) is 13.1. The number of benzene rings is 1. The van der Waals surface area contributed by atoms with E-state index in [2.05, 4.69) is 32.7 Å². The molecule has 0 saturated carbocycles. The fraction of sp³-hybridized carbons (Fsp3) is 0.263. The van der Waals surface area contributed by atoms with E-state index in [1.165, 1.54) is 0 Å². The fourth-order valence-corrected chi connectivity index (χ4v) is 4.24. The molecule has 3 rings (SSSR count). The summed E-state index contributed by atoms with van der Waals surface area (Å²) in [5, 5.41) is 9.54. The van der Waals surface area contributed by atoms with Gasteiger partial charge >= 0.3 is 0 Å². The van der Waals surface area contributed by atoms with E-state index in [4.69, 9.17) is 13.9 Å². The molecule has 1 aromatic carbocycles. The number of ether oxygens (including phenoxy) is 2. The summed E-state index contributed by atoms with van der Waals surface area (Å²) in [6.07, 6.45) is 3.49. The average molecular weight is 450 g/mol. The molecule has 2 heterocycles. The summed E-state index contributed by atoms with van der Waals surface area (Å²) in [4.78, 5) is 0. The van der Waals surface area contributed by atoms with Crippen molar-refractivity contribution in [2.45, 2.75) is 24.4 Å². The second-order valence-electron chi connectivity index (χ2n) is 5.68. The van der Waals surface area contributed by atoms with Gasteiger partial charge in [0.2, 0.25) is 0 Å². The van der Waals surface area contributed by atoms with Gasteiger partial charge in [-0.3, -0.25) is 4.57 Å². The van der Waals surface area contributed by atoms with Gasteiger partial charge in [0, 0.05) is 16.8 Å². The Morgan fingerprint density at radius 2 is 2.00 bits per heavy atom. The van der Waals surface area contributed by atoms with Gasteiger partial charge in [0.25, 0.3) is 0 Å². The first kappa shape index (κ1) is 19.6. The van der Waals surface area contributed by atoms with Gasteiger partial charge in [-0.15, -0.1) is 16.8 Å². The quantitative estimate of drug-likeness (QED) is 0.351. The lowest BCUT2D eigenvalue weighted by Crippen LogP contribution is -2.01. The van der Waals surface area contributed by atoms with Crippen LogP contribution in [0.4, 0.5) is 0 Å². The minimum absolute atomic E-state index is 0.613. The first-order valence-corrected chi connectivity index (χ1v) is 9.98. The number of methoxy groups -OCH3 is 2. The second-order valence-corrected chi connectivity index (χ2v) is 7.48. The molecule has 6 nitrogen and oxygen atoms in total. The summed E-state index contributed by atoms with van der Waals surface area (Å²) in [6, 6.07) is 5.77. The summed E-state index contributed by atoms with van der Waals surface area (Å²) >= 11 is 5.20. The van der Waals surface area contributed by atoms with Crippen LogP contribution in [0.5, 0.6) is 11.5 Å². The maximum Gasteiger partial charge on any atom is 0.192 e. The molecule has 0 fully saturated rings. The van der Waals surface area contributed by atoms with E-state index in [1.54, 1.807) is 32.2 Å². The maximum absolute atomic E-state index is 5.41. The number of rotatable bonds is 8. The van der Waals surface area contributed by atoms with Crippen molar-refractivity contribution in [3.05, 3.63) is 52.9 Å².